The van der Waals surface area contributed by atoms with Gasteiger partial charge in [0.2, 0.25) is 0 Å². The monoisotopic (exact) mass is 233 g/mol. The lowest BCUT2D eigenvalue weighted by molar-refractivity contribution is 0.250. The molecule has 4 atom stereocenters. The molecular weight excluding hydrogens is 210 g/mol. The molecule has 17 heavy (non-hydrogen) atoms. The quantitative estimate of drug-likeness (QED) is 0.837. The second kappa shape index (κ2) is 4.85. The molecule has 1 N–H and O–H groups in total. The van der Waals surface area contributed by atoms with E-state index in [9.17, 15) is 0 Å². The Morgan fingerprint density at radius 2 is 2.35 bits per heavy atom. The van der Waals surface area contributed by atoms with Crippen molar-refractivity contribution in [2.75, 3.05) is 6.54 Å². The van der Waals surface area contributed by atoms with Crippen molar-refractivity contribution in [3.63, 3.8) is 0 Å². The van der Waals surface area contributed by atoms with E-state index in [4.69, 9.17) is 4.42 Å². The van der Waals surface area contributed by atoms with Crippen LogP contribution in [0.1, 0.15) is 50.6 Å². The third-order valence-electron chi connectivity index (χ3n) is 4.74. The standard InChI is InChI=1S/C15H23NO/c1-2-6-16-15(13-5-7-17-10-13)14-9-11-3-4-12(14)8-11/h5,7,10-12,14-16H,2-4,6,8-9H2,1H3. The van der Waals surface area contributed by atoms with Crippen LogP contribution < -0.4 is 5.32 Å². The molecule has 2 fully saturated rings. The van der Waals surface area contributed by atoms with Crippen molar-refractivity contribution in [1.82, 2.24) is 5.32 Å². The van der Waals surface area contributed by atoms with Gasteiger partial charge in [0, 0.05) is 11.6 Å². The minimum absolute atomic E-state index is 0.531. The van der Waals surface area contributed by atoms with Crippen LogP contribution in [-0.4, -0.2) is 6.54 Å². The van der Waals surface area contributed by atoms with Gasteiger partial charge in [-0.05, 0) is 56.0 Å². The minimum atomic E-state index is 0.531. The highest BCUT2D eigenvalue weighted by Gasteiger charge is 2.43. The zero-order chi connectivity index (χ0) is 11.7. The average Bonchev–Trinajstić information content (AvgIpc) is 3.06. The van der Waals surface area contributed by atoms with Crippen LogP contribution in [0.5, 0.6) is 0 Å². The van der Waals surface area contributed by atoms with Crippen molar-refractivity contribution in [3.8, 4) is 0 Å². The predicted octanol–water partition coefficient (Wildman–Crippen LogP) is 3.76. The Labute approximate surface area is 104 Å². The van der Waals surface area contributed by atoms with Gasteiger partial charge in [-0.1, -0.05) is 13.3 Å². The van der Waals surface area contributed by atoms with Gasteiger partial charge in [0.15, 0.2) is 0 Å². The molecule has 1 aromatic heterocycles. The molecule has 0 aromatic carbocycles. The maximum absolute atomic E-state index is 5.28. The van der Waals surface area contributed by atoms with Crippen molar-refractivity contribution < 1.29 is 4.42 Å². The Morgan fingerprint density at radius 3 is 2.94 bits per heavy atom. The number of furan rings is 1. The summed E-state index contributed by atoms with van der Waals surface area (Å²) < 4.78 is 5.28. The van der Waals surface area contributed by atoms with Gasteiger partial charge in [0.05, 0.1) is 12.5 Å². The molecule has 2 aliphatic carbocycles. The van der Waals surface area contributed by atoms with Crippen LogP contribution in [0.2, 0.25) is 0 Å². The van der Waals surface area contributed by atoms with E-state index in [1.807, 2.05) is 12.5 Å². The van der Waals surface area contributed by atoms with Crippen molar-refractivity contribution in [2.45, 2.75) is 45.1 Å². The molecule has 1 aromatic rings. The molecule has 0 amide bonds. The molecule has 1 heterocycles. The first kappa shape index (κ1) is 11.3. The lowest BCUT2D eigenvalue weighted by atomic mass is 9.81. The molecule has 0 spiro atoms. The molecule has 94 valence electrons. The van der Waals surface area contributed by atoms with Gasteiger partial charge >= 0.3 is 0 Å². The number of rotatable bonds is 5. The SMILES string of the molecule is CCCNC(c1ccoc1)C1CC2CCC1C2. The summed E-state index contributed by atoms with van der Waals surface area (Å²) in [5.41, 5.74) is 1.36. The molecule has 2 bridgehead atoms. The smallest absolute Gasteiger partial charge is 0.0950 e. The first-order valence-corrected chi connectivity index (χ1v) is 7.14. The maximum atomic E-state index is 5.28. The van der Waals surface area contributed by atoms with Gasteiger partial charge in [-0.2, -0.15) is 0 Å². The average molecular weight is 233 g/mol. The van der Waals surface area contributed by atoms with Gasteiger partial charge in [-0.15, -0.1) is 0 Å². The highest BCUT2D eigenvalue weighted by atomic mass is 16.3. The van der Waals surface area contributed by atoms with Crippen molar-refractivity contribution in [2.24, 2.45) is 17.8 Å². The lowest BCUT2D eigenvalue weighted by Crippen LogP contribution is -2.31. The van der Waals surface area contributed by atoms with Crippen LogP contribution in [-0.2, 0) is 0 Å². The second-order valence-electron chi connectivity index (χ2n) is 5.83. The Kier molecular flexibility index (Phi) is 3.24. The summed E-state index contributed by atoms with van der Waals surface area (Å²) in [6.45, 7) is 3.35. The van der Waals surface area contributed by atoms with E-state index in [0.717, 1.165) is 24.3 Å². The van der Waals surface area contributed by atoms with Gasteiger partial charge < -0.3 is 9.73 Å². The molecule has 2 saturated carbocycles. The van der Waals surface area contributed by atoms with E-state index in [0.29, 0.717) is 6.04 Å². The molecule has 2 heteroatoms. The first-order chi connectivity index (χ1) is 8.38. The van der Waals surface area contributed by atoms with E-state index in [-0.39, 0.29) is 0 Å². The maximum Gasteiger partial charge on any atom is 0.0950 e. The van der Waals surface area contributed by atoms with Crippen LogP contribution in [0.3, 0.4) is 0 Å². The molecule has 0 saturated heterocycles. The number of nitrogens with one attached hydrogen (secondary N) is 1. The topological polar surface area (TPSA) is 25.2 Å². The number of hydrogen-bond acceptors (Lipinski definition) is 2. The Bertz CT molecular complexity index is 346. The molecule has 0 aliphatic heterocycles. The minimum Gasteiger partial charge on any atom is -0.472 e. The summed E-state index contributed by atoms with van der Waals surface area (Å²) in [4.78, 5) is 0. The Balaban J connectivity index is 1.74. The number of fused-ring (bicyclic) bond motifs is 2. The molecule has 3 rings (SSSR count). The fraction of sp³-hybridized carbons (Fsp3) is 0.733. The van der Waals surface area contributed by atoms with Crippen LogP contribution in [0.25, 0.3) is 0 Å². The summed E-state index contributed by atoms with van der Waals surface area (Å²) in [5.74, 6) is 2.82. The normalized spacial score (nSPS) is 33.1. The number of hydrogen-bond donors (Lipinski definition) is 1. The fourth-order valence-corrected chi connectivity index (χ4v) is 3.97. The third-order valence-corrected chi connectivity index (χ3v) is 4.74. The molecule has 4 unspecified atom stereocenters. The molecule has 0 radical (unpaired) electrons. The van der Waals surface area contributed by atoms with E-state index < -0.39 is 0 Å². The zero-order valence-electron chi connectivity index (χ0n) is 10.7. The summed E-state index contributed by atoms with van der Waals surface area (Å²) in [6, 6.07) is 2.67. The van der Waals surface area contributed by atoms with Crippen LogP contribution in [0.15, 0.2) is 23.0 Å². The van der Waals surface area contributed by atoms with Crippen LogP contribution in [0.4, 0.5) is 0 Å². The lowest BCUT2D eigenvalue weighted by Gasteiger charge is -2.30. The summed E-state index contributed by atoms with van der Waals surface area (Å²) in [6.07, 6.45) is 10.8. The highest BCUT2D eigenvalue weighted by Crippen LogP contribution is 2.52. The molecule has 2 aliphatic rings. The largest absolute Gasteiger partial charge is 0.472 e. The van der Waals surface area contributed by atoms with Crippen molar-refractivity contribution in [1.29, 1.82) is 0 Å². The first-order valence-electron chi connectivity index (χ1n) is 7.14. The fourth-order valence-electron chi connectivity index (χ4n) is 3.97. The summed E-state index contributed by atoms with van der Waals surface area (Å²) in [5, 5.41) is 3.74. The third kappa shape index (κ3) is 2.15. The van der Waals surface area contributed by atoms with Crippen LogP contribution in [0, 0.1) is 17.8 Å². The molecule has 2 nitrogen and oxygen atoms in total. The Hall–Kier alpha value is -0.760. The van der Waals surface area contributed by atoms with E-state index >= 15 is 0 Å². The Morgan fingerprint density at radius 1 is 1.41 bits per heavy atom. The van der Waals surface area contributed by atoms with E-state index in [1.54, 1.807) is 0 Å². The van der Waals surface area contributed by atoms with Gasteiger partial charge in [-0.25, -0.2) is 0 Å². The van der Waals surface area contributed by atoms with Crippen molar-refractivity contribution in [3.05, 3.63) is 24.2 Å². The van der Waals surface area contributed by atoms with E-state index in [2.05, 4.69) is 18.3 Å². The van der Waals surface area contributed by atoms with Crippen molar-refractivity contribution >= 4 is 0 Å². The summed E-state index contributed by atoms with van der Waals surface area (Å²) in [7, 11) is 0. The van der Waals surface area contributed by atoms with Gasteiger partial charge in [0.25, 0.3) is 0 Å². The second-order valence-corrected chi connectivity index (χ2v) is 5.83. The van der Waals surface area contributed by atoms with Gasteiger partial charge in [0.1, 0.15) is 0 Å². The zero-order valence-corrected chi connectivity index (χ0v) is 10.7. The predicted molar refractivity (Wildman–Crippen MR) is 68.7 cm³/mol. The van der Waals surface area contributed by atoms with E-state index in [1.165, 1.54) is 37.7 Å². The summed E-state index contributed by atoms with van der Waals surface area (Å²) >= 11 is 0. The van der Waals surface area contributed by atoms with Crippen LogP contribution >= 0.6 is 0 Å². The van der Waals surface area contributed by atoms with Gasteiger partial charge in [-0.3, -0.25) is 0 Å². The molecular formula is C15H23NO. The highest BCUT2D eigenvalue weighted by molar-refractivity contribution is 5.15.